The third kappa shape index (κ3) is 3.09. The molecule has 3 nitrogen and oxygen atoms in total. The standard InChI is InChI=1S/C18H19N3/c1-2-13-7-9-14(10-8-13)11-15(19)18-12-20-16-5-3-4-6-17(16)21-18/h3-10,12,15H,2,11,19H2,1H3. The van der Waals surface area contributed by atoms with Crippen molar-refractivity contribution in [1.29, 1.82) is 0 Å². The quantitative estimate of drug-likeness (QED) is 0.795. The van der Waals surface area contributed by atoms with Gasteiger partial charge in [-0.1, -0.05) is 43.3 Å². The van der Waals surface area contributed by atoms with Gasteiger partial charge < -0.3 is 5.73 Å². The molecule has 1 heterocycles. The van der Waals surface area contributed by atoms with Crippen molar-refractivity contribution in [3.63, 3.8) is 0 Å². The van der Waals surface area contributed by atoms with Crippen molar-refractivity contribution >= 4 is 11.0 Å². The van der Waals surface area contributed by atoms with Gasteiger partial charge in [0.1, 0.15) is 0 Å². The fraction of sp³-hybridized carbons (Fsp3) is 0.222. The monoisotopic (exact) mass is 277 g/mol. The van der Waals surface area contributed by atoms with Crippen LogP contribution in [-0.2, 0) is 12.8 Å². The van der Waals surface area contributed by atoms with Gasteiger partial charge in [0.2, 0.25) is 0 Å². The van der Waals surface area contributed by atoms with Crippen molar-refractivity contribution < 1.29 is 0 Å². The molecule has 1 aromatic heterocycles. The van der Waals surface area contributed by atoms with E-state index >= 15 is 0 Å². The largest absolute Gasteiger partial charge is 0.322 e. The molecule has 0 aliphatic heterocycles. The SMILES string of the molecule is CCc1ccc(CC(N)c2cnc3ccccc3n2)cc1. The third-order valence-electron chi connectivity index (χ3n) is 3.73. The van der Waals surface area contributed by atoms with Gasteiger partial charge in [-0.3, -0.25) is 4.98 Å². The van der Waals surface area contributed by atoms with E-state index in [4.69, 9.17) is 5.73 Å². The predicted octanol–water partition coefficient (Wildman–Crippen LogP) is 3.43. The number of rotatable bonds is 4. The lowest BCUT2D eigenvalue weighted by Crippen LogP contribution is -2.15. The summed E-state index contributed by atoms with van der Waals surface area (Å²) >= 11 is 0. The molecule has 3 aromatic rings. The van der Waals surface area contributed by atoms with Crippen LogP contribution in [0.2, 0.25) is 0 Å². The molecular weight excluding hydrogens is 258 g/mol. The average molecular weight is 277 g/mol. The number of nitrogens with two attached hydrogens (primary N) is 1. The zero-order chi connectivity index (χ0) is 14.7. The van der Waals surface area contributed by atoms with E-state index in [0.717, 1.165) is 29.6 Å². The van der Waals surface area contributed by atoms with Gasteiger partial charge in [-0.2, -0.15) is 0 Å². The molecule has 1 unspecified atom stereocenters. The van der Waals surface area contributed by atoms with Gasteiger partial charge in [-0.05, 0) is 36.1 Å². The Morgan fingerprint density at radius 1 is 0.952 bits per heavy atom. The zero-order valence-corrected chi connectivity index (χ0v) is 12.2. The molecule has 0 saturated carbocycles. The van der Waals surface area contributed by atoms with Crippen LogP contribution < -0.4 is 5.73 Å². The van der Waals surface area contributed by atoms with Crippen molar-refractivity contribution in [1.82, 2.24) is 9.97 Å². The highest BCUT2D eigenvalue weighted by molar-refractivity contribution is 5.73. The summed E-state index contributed by atoms with van der Waals surface area (Å²) in [6, 6.07) is 16.3. The number of para-hydroxylation sites is 2. The molecule has 0 fully saturated rings. The summed E-state index contributed by atoms with van der Waals surface area (Å²) in [6.07, 6.45) is 3.62. The fourth-order valence-electron chi connectivity index (χ4n) is 2.42. The molecule has 21 heavy (non-hydrogen) atoms. The van der Waals surface area contributed by atoms with Crippen LogP contribution in [0.15, 0.2) is 54.7 Å². The molecule has 2 aromatic carbocycles. The van der Waals surface area contributed by atoms with Gasteiger partial charge in [0.15, 0.2) is 0 Å². The van der Waals surface area contributed by atoms with Gasteiger partial charge in [-0.25, -0.2) is 4.98 Å². The number of hydrogen-bond donors (Lipinski definition) is 1. The molecule has 3 heteroatoms. The van der Waals surface area contributed by atoms with Crippen LogP contribution in [0.5, 0.6) is 0 Å². The maximum atomic E-state index is 6.29. The van der Waals surface area contributed by atoms with E-state index in [1.54, 1.807) is 6.20 Å². The normalized spacial score (nSPS) is 12.5. The number of nitrogens with zero attached hydrogens (tertiary/aromatic N) is 2. The van der Waals surface area contributed by atoms with Gasteiger partial charge in [-0.15, -0.1) is 0 Å². The Hall–Kier alpha value is -2.26. The van der Waals surface area contributed by atoms with Gasteiger partial charge in [0.25, 0.3) is 0 Å². The van der Waals surface area contributed by atoms with Crippen LogP contribution in [0.25, 0.3) is 11.0 Å². The van der Waals surface area contributed by atoms with E-state index in [0.29, 0.717) is 0 Å². The topological polar surface area (TPSA) is 51.8 Å². The van der Waals surface area contributed by atoms with Gasteiger partial charge in [0.05, 0.1) is 29.0 Å². The summed E-state index contributed by atoms with van der Waals surface area (Å²) in [5.74, 6) is 0. The van der Waals surface area contributed by atoms with Gasteiger partial charge >= 0.3 is 0 Å². The van der Waals surface area contributed by atoms with Crippen molar-refractivity contribution in [3.05, 3.63) is 71.5 Å². The Kier molecular flexibility index (Phi) is 3.93. The molecule has 0 bridgehead atoms. The van der Waals surface area contributed by atoms with Crippen molar-refractivity contribution in [3.8, 4) is 0 Å². The van der Waals surface area contributed by atoms with E-state index in [1.807, 2.05) is 24.3 Å². The second-order valence-electron chi connectivity index (χ2n) is 5.26. The lowest BCUT2D eigenvalue weighted by molar-refractivity contribution is 0.696. The molecule has 1 atom stereocenters. The first-order valence-corrected chi connectivity index (χ1v) is 7.31. The minimum absolute atomic E-state index is 0.130. The Bertz CT molecular complexity index is 735. The Balaban J connectivity index is 1.80. The minimum Gasteiger partial charge on any atom is -0.322 e. The number of aromatic nitrogens is 2. The summed E-state index contributed by atoms with van der Waals surface area (Å²) in [6.45, 7) is 2.16. The van der Waals surface area contributed by atoms with Crippen LogP contribution in [0.4, 0.5) is 0 Å². The fourth-order valence-corrected chi connectivity index (χ4v) is 2.42. The van der Waals surface area contributed by atoms with E-state index in [-0.39, 0.29) is 6.04 Å². The molecule has 0 saturated heterocycles. The van der Waals surface area contributed by atoms with Crippen LogP contribution in [0, 0.1) is 0 Å². The molecular formula is C18H19N3. The Labute approximate surface area is 124 Å². The molecule has 0 radical (unpaired) electrons. The van der Waals surface area contributed by atoms with E-state index in [1.165, 1.54) is 11.1 Å². The second-order valence-corrected chi connectivity index (χ2v) is 5.26. The molecule has 0 spiro atoms. The molecule has 0 amide bonds. The zero-order valence-electron chi connectivity index (χ0n) is 12.2. The first-order chi connectivity index (χ1) is 10.3. The number of hydrogen-bond acceptors (Lipinski definition) is 3. The van der Waals surface area contributed by atoms with Gasteiger partial charge in [0, 0.05) is 0 Å². The van der Waals surface area contributed by atoms with Crippen LogP contribution in [0.1, 0.15) is 29.8 Å². The van der Waals surface area contributed by atoms with Crippen LogP contribution in [-0.4, -0.2) is 9.97 Å². The minimum atomic E-state index is -0.130. The lowest BCUT2D eigenvalue weighted by Gasteiger charge is -2.12. The first kappa shape index (κ1) is 13.7. The predicted molar refractivity (Wildman–Crippen MR) is 86.0 cm³/mol. The summed E-state index contributed by atoms with van der Waals surface area (Å²) in [7, 11) is 0. The van der Waals surface area contributed by atoms with E-state index < -0.39 is 0 Å². The molecule has 3 rings (SSSR count). The molecule has 106 valence electrons. The number of aryl methyl sites for hydroxylation is 1. The van der Waals surface area contributed by atoms with Crippen LogP contribution >= 0.6 is 0 Å². The first-order valence-electron chi connectivity index (χ1n) is 7.31. The highest BCUT2D eigenvalue weighted by Crippen LogP contribution is 2.17. The summed E-state index contributed by atoms with van der Waals surface area (Å²) < 4.78 is 0. The summed E-state index contributed by atoms with van der Waals surface area (Å²) in [4.78, 5) is 9.05. The highest BCUT2D eigenvalue weighted by Gasteiger charge is 2.10. The Morgan fingerprint density at radius 3 is 2.33 bits per heavy atom. The number of fused-ring (bicyclic) bond motifs is 1. The van der Waals surface area contributed by atoms with Crippen molar-refractivity contribution in [2.45, 2.75) is 25.8 Å². The van der Waals surface area contributed by atoms with Crippen molar-refractivity contribution in [2.75, 3.05) is 0 Å². The summed E-state index contributed by atoms with van der Waals surface area (Å²) in [5.41, 5.74) is 11.5. The number of benzene rings is 2. The summed E-state index contributed by atoms with van der Waals surface area (Å²) in [5, 5.41) is 0. The smallest absolute Gasteiger partial charge is 0.0890 e. The lowest BCUT2D eigenvalue weighted by atomic mass is 10.0. The van der Waals surface area contributed by atoms with E-state index in [9.17, 15) is 0 Å². The third-order valence-corrected chi connectivity index (χ3v) is 3.73. The highest BCUT2D eigenvalue weighted by atomic mass is 14.8. The second kappa shape index (κ2) is 6.02. The molecule has 2 N–H and O–H groups in total. The van der Waals surface area contributed by atoms with Crippen molar-refractivity contribution in [2.24, 2.45) is 5.73 Å². The molecule has 0 aliphatic carbocycles. The molecule has 0 aliphatic rings. The maximum absolute atomic E-state index is 6.29. The average Bonchev–Trinajstić information content (AvgIpc) is 2.55. The van der Waals surface area contributed by atoms with E-state index in [2.05, 4.69) is 41.2 Å². The Morgan fingerprint density at radius 2 is 1.62 bits per heavy atom. The van der Waals surface area contributed by atoms with Crippen LogP contribution in [0.3, 0.4) is 0 Å². The maximum Gasteiger partial charge on any atom is 0.0890 e.